The molecule has 0 bridgehead atoms. The zero-order valence-corrected chi connectivity index (χ0v) is 14.1. The van der Waals surface area contributed by atoms with E-state index in [2.05, 4.69) is 0 Å². The minimum absolute atomic E-state index is 0.00862. The first-order chi connectivity index (χ1) is 10.1. The van der Waals surface area contributed by atoms with Crippen LogP contribution in [0.2, 0.25) is 5.02 Å². The Labute approximate surface area is 136 Å². The molecule has 0 aromatic heterocycles. The van der Waals surface area contributed by atoms with Crippen molar-refractivity contribution >= 4 is 29.0 Å². The molecule has 0 radical (unpaired) electrons. The van der Waals surface area contributed by atoms with Crippen LogP contribution in [-0.4, -0.2) is 24.9 Å². The van der Waals surface area contributed by atoms with Gasteiger partial charge in [0.2, 0.25) is 0 Å². The van der Waals surface area contributed by atoms with Crippen molar-refractivity contribution in [2.45, 2.75) is 39.5 Å². The topological polar surface area (TPSA) is 35.5 Å². The number of ketones is 1. The van der Waals surface area contributed by atoms with E-state index < -0.39 is 0 Å². The molecule has 118 valence electrons. The maximum atomic E-state index is 12.2. The van der Waals surface area contributed by atoms with Gasteiger partial charge in [0.15, 0.2) is 5.78 Å². The number of hydrogen-bond donors (Lipinski definition) is 0. The first-order valence-electron chi connectivity index (χ1n) is 7.32. The molecular formula is C16H22Cl2O3. The minimum atomic E-state index is -0.00862. The second kappa shape index (κ2) is 9.91. The summed E-state index contributed by atoms with van der Waals surface area (Å²) in [5, 5.41) is 0.432. The lowest BCUT2D eigenvalue weighted by atomic mass is 10.1. The Morgan fingerprint density at radius 3 is 2.29 bits per heavy atom. The molecule has 0 saturated carbocycles. The van der Waals surface area contributed by atoms with E-state index in [1.807, 2.05) is 13.8 Å². The van der Waals surface area contributed by atoms with E-state index in [0.29, 0.717) is 54.0 Å². The monoisotopic (exact) mass is 332 g/mol. The van der Waals surface area contributed by atoms with Crippen LogP contribution < -0.4 is 9.47 Å². The van der Waals surface area contributed by atoms with E-state index in [-0.39, 0.29) is 5.78 Å². The summed E-state index contributed by atoms with van der Waals surface area (Å²) >= 11 is 11.8. The van der Waals surface area contributed by atoms with Gasteiger partial charge in [0, 0.05) is 18.4 Å². The zero-order chi connectivity index (χ0) is 15.7. The van der Waals surface area contributed by atoms with Gasteiger partial charge in [0.1, 0.15) is 11.5 Å². The van der Waals surface area contributed by atoms with Gasteiger partial charge in [-0.05, 0) is 25.3 Å². The van der Waals surface area contributed by atoms with Crippen molar-refractivity contribution < 1.29 is 14.3 Å². The summed E-state index contributed by atoms with van der Waals surface area (Å²) in [6.45, 7) is 5.16. The summed E-state index contributed by atoms with van der Waals surface area (Å²) in [4.78, 5) is 12.2. The lowest BCUT2D eigenvalue weighted by Gasteiger charge is -2.14. The van der Waals surface area contributed by atoms with Gasteiger partial charge in [-0.1, -0.05) is 25.4 Å². The summed E-state index contributed by atoms with van der Waals surface area (Å²) in [6, 6.07) is 3.34. The first kappa shape index (κ1) is 18.1. The zero-order valence-electron chi connectivity index (χ0n) is 12.6. The molecule has 1 rings (SSSR count). The van der Waals surface area contributed by atoms with Crippen LogP contribution in [0.25, 0.3) is 0 Å². The lowest BCUT2D eigenvalue weighted by Crippen LogP contribution is -2.07. The molecule has 0 N–H and O–H groups in total. The second-order valence-electron chi connectivity index (χ2n) is 4.69. The number of benzene rings is 1. The van der Waals surface area contributed by atoms with Crippen LogP contribution in [-0.2, 0) is 0 Å². The summed E-state index contributed by atoms with van der Waals surface area (Å²) in [5.41, 5.74) is 0.502. The summed E-state index contributed by atoms with van der Waals surface area (Å²) in [5.74, 6) is 1.54. The summed E-state index contributed by atoms with van der Waals surface area (Å²) in [7, 11) is 0. The molecule has 0 fully saturated rings. The highest BCUT2D eigenvalue weighted by Crippen LogP contribution is 2.34. The molecule has 0 heterocycles. The van der Waals surface area contributed by atoms with Gasteiger partial charge in [-0.2, -0.15) is 0 Å². The molecule has 21 heavy (non-hydrogen) atoms. The highest BCUT2D eigenvalue weighted by molar-refractivity contribution is 6.32. The highest BCUT2D eigenvalue weighted by atomic mass is 35.5. The molecule has 0 atom stereocenters. The van der Waals surface area contributed by atoms with Gasteiger partial charge in [-0.25, -0.2) is 0 Å². The largest absolute Gasteiger partial charge is 0.493 e. The van der Waals surface area contributed by atoms with Crippen LogP contribution in [0.5, 0.6) is 11.5 Å². The number of ether oxygens (including phenoxy) is 2. The van der Waals surface area contributed by atoms with Crippen LogP contribution in [0.3, 0.4) is 0 Å². The van der Waals surface area contributed by atoms with Crippen LogP contribution in [0.15, 0.2) is 12.1 Å². The Balaban J connectivity index is 3.03. The minimum Gasteiger partial charge on any atom is -0.493 e. The Kier molecular flexibility index (Phi) is 8.55. The number of rotatable bonds is 10. The molecule has 0 aliphatic rings. The second-order valence-corrected chi connectivity index (χ2v) is 5.48. The van der Waals surface area contributed by atoms with Crippen molar-refractivity contribution in [2.75, 3.05) is 19.1 Å². The molecule has 3 nitrogen and oxygen atoms in total. The fraction of sp³-hybridized carbons (Fsp3) is 0.562. The van der Waals surface area contributed by atoms with Gasteiger partial charge >= 0.3 is 0 Å². The highest BCUT2D eigenvalue weighted by Gasteiger charge is 2.16. The maximum Gasteiger partial charge on any atom is 0.166 e. The van der Waals surface area contributed by atoms with Crippen molar-refractivity contribution in [3.63, 3.8) is 0 Å². The summed E-state index contributed by atoms with van der Waals surface area (Å²) < 4.78 is 11.2. The molecule has 0 amide bonds. The smallest absolute Gasteiger partial charge is 0.166 e. The van der Waals surface area contributed by atoms with E-state index in [4.69, 9.17) is 32.7 Å². The third kappa shape index (κ3) is 5.76. The van der Waals surface area contributed by atoms with Crippen molar-refractivity contribution in [3.8, 4) is 11.5 Å². The number of carbonyl (C=O) groups excluding carboxylic acids is 1. The SMILES string of the molecule is CCCOc1cc(OCCC)c(C(=O)CCCCl)cc1Cl. The number of alkyl halides is 1. The van der Waals surface area contributed by atoms with Gasteiger partial charge in [-0.15, -0.1) is 11.6 Å². The van der Waals surface area contributed by atoms with E-state index in [9.17, 15) is 4.79 Å². The Hall–Kier alpha value is -0.930. The van der Waals surface area contributed by atoms with Crippen LogP contribution >= 0.6 is 23.2 Å². The number of hydrogen-bond acceptors (Lipinski definition) is 3. The summed E-state index contributed by atoms with van der Waals surface area (Å²) in [6.07, 6.45) is 2.78. The predicted molar refractivity (Wildman–Crippen MR) is 87.3 cm³/mol. The predicted octanol–water partition coefficient (Wildman–Crippen LogP) is 5.12. The van der Waals surface area contributed by atoms with E-state index >= 15 is 0 Å². The third-order valence-corrected chi connectivity index (χ3v) is 3.36. The lowest BCUT2D eigenvalue weighted by molar-refractivity contribution is 0.0978. The van der Waals surface area contributed by atoms with Crippen LogP contribution in [0, 0.1) is 0 Å². The van der Waals surface area contributed by atoms with Crippen molar-refractivity contribution in [1.29, 1.82) is 0 Å². The van der Waals surface area contributed by atoms with E-state index in [1.165, 1.54) is 0 Å². The number of carbonyl (C=O) groups is 1. The number of halogens is 2. The molecule has 1 aromatic carbocycles. The molecule has 0 unspecified atom stereocenters. The normalized spacial score (nSPS) is 10.5. The fourth-order valence-corrected chi connectivity index (χ4v) is 2.12. The number of Topliss-reactive ketones (excluding diaryl/α,β-unsaturated/α-hetero) is 1. The standard InChI is InChI=1S/C16H22Cl2O3/c1-3-8-20-15-11-16(21-9-4-2)13(18)10-12(15)14(19)6-5-7-17/h10-11H,3-9H2,1-2H3. The van der Waals surface area contributed by atoms with Gasteiger partial charge < -0.3 is 9.47 Å². The van der Waals surface area contributed by atoms with Crippen LogP contribution in [0.4, 0.5) is 0 Å². The Morgan fingerprint density at radius 2 is 1.71 bits per heavy atom. The van der Waals surface area contributed by atoms with Crippen molar-refractivity contribution in [3.05, 3.63) is 22.7 Å². The molecule has 0 aliphatic heterocycles. The quantitative estimate of drug-likeness (QED) is 0.440. The van der Waals surface area contributed by atoms with Crippen molar-refractivity contribution in [2.24, 2.45) is 0 Å². The average Bonchev–Trinajstić information content (AvgIpc) is 2.49. The van der Waals surface area contributed by atoms with Gasteiger partial charge in [-0.3, -0.25) is 4.79 Å². The molecule has 5 heteroatoms. The fourth-order valence-electron chi connectivity index (χ4n) is 1.77. The van der Waals surface area contributed by atoms with Crippen molar-refractivity contribution in [1.82, 2.24) is 0 Å². The molecule has 0 spiro atoms. The van der Waals surface area contributed by atoms with E-state index in [0.717, 1.165) is 12.8 Å². The molecule has 0 aliphatic carbocycles. The first-order valence-corrected chi connectivity index (χ1v) is 8.23. The van der Waals surface area contributed by atoms with Crippen LogP contribution in [0.1, 0.15) is 49.9 Å². The average molecular weight is 333 g/mol. The Morgan fingerprint density at radius 1 is 1.10 bits per heavy atom. The van der Waals surface area contributed by atoms with Gasteiger partial charge in [0.05, 0.1) is 23.8 Å². The molecule has 0 saturated heterocycles. The van der Waals surface area contributed by atoms with E-state index in [1.54, 1.807) is 12.1 Å². The molecule has 1 aromatic rings. The third-order valence-electron chi connectivity index (χ3n) is 2.80. The van der Waals surface area contributed by atoms with Gasteiger partial charge in [0.25, 0.3) is 0 Å². The Bertz CT molecular complexity index is 461. The molecular weight excluding hydrogens is 311 g/mol. The maximum absolute atomic E-state index is 12.2.